The van der Waals surface area contributed by atoms with Gasteiger partial charge in [0.1, 0.15) is 12.4 Å². The minimum Gasteiger partial charge on any atom is -0.492 e. The van der Waals surface area contributed by atoms with Crippen molar-refractivity contribution < 1.29 is 27.8 Å². The Kier molecular flexibility index (Phi) is 6.99. The zero-order chi connectivity index (χ0) is 25.0. The molecular weight excluding hydrogens is 468 g/mol. The quantitative estimate of drug-likeness (QED) is 0.500. The van der Waals surface area contributed by atoms with Crippen LogP contribution in [0.1, 0.15) is 30.1 Å². The number of ether oxygens (including phenoxy) is 3. The second-order valence-corrected chi connectivity index (χ2v) is 8.85. The molecule has 9 heteroatoms. The summed E-state index contributed by atoms with van der Waals surface area (Å²) in [6, 6.07) is 19.0. The maximum Gasteiger partial charge on any atom is 0.586 e. The summed E-state index contributed by atoms with van der Waals surface area (Å²) in [6.07, 6.45) is -0.630. The van der Waals surface area contributed by atoms with Gasteiger partial charge in [-0.3, -0.25) is 14.7 Å². The molecule has 36 heavy (non-hydrogen) atoms. The van der Waals surface area contributed by atoms with Crippen LogP contribution in [0.25, 0.3) is 0 Å². The lowest BCUT2D eigenvalue weighted by molar-refractivity contribution is -0.286. The van der Waals surface area contributed by atoms with Gasteiger partial charge < -0.3 is 19.5 Å². The second-order valence-electron chi connectivity index (χ2n) is 8.85. The van der Waals surface area contributed by atoms with Crippen LogP contribution in [-0.2, 0) is 4.79 Å². The summed E-state index contributed by atoms with van der Waals surface area (Å²) in [5.41, 5.74) is 1.18. The number of hydrogen-bond acceptors (Lipinski definition) is 6. The summed E-state index contributed by atoms with van der Waals surface area (Å²) in [4.78, 5) is 19.9. The highest BCUT2D eigenvalue weighted by Crippen LogP contribution is 2.42. The average molecular weight is 496 g/mol. The largest absolute Gasteiger partial charge is 0.586 e. The first kappa shape index (κ1) is 24.0. The van der Waals surface area contributed by atoms with Gasteiger partial charge in [-0.15, -0.1) is 8.78 Å². The van der Waals surface area contributed by atoms with Crippen molar-refractivity contribution in [1.29, 1.82) is 0 Å². The Hall–Kier alpha value is -3.72. The fraction of sp³-hybridized carbons (Fsp3) is 0.333. The number of fused-ring (bicyclic) bond motifs is 1. The van der Waals surface area contributed by atoms with E-state index in [0.717, 1.165) is 38.2 Å². The molecule has 1 unspecified atom stereocenters. The molecule has 0 aliphatic carbocycles. The first-order chi connectivity index (χ1) is 17.5. The van der Waals surface area contributed by atoms with Crippen molar-refractivity contribution in [2.24, 2.45) is 5.92 Å². The second kappa shape index (κ2) is 10.5. The van der Waals surface area contributed by atoms with Gasteiger partial charge in [0.15, 0.2) is 11.5 Å². The van der Waals surface area contributed by atoms with Gasteiger partial charge in [0.25, 0.3) is 0 Å². The lowest BCUT2D eigenvalue weighted by atomic mass is 9.94. The van der Waals surface area contributed by atoms with E-state index in [9.17, 15) is 13.6 Å². The molecule has 3 heterocycles. The van der Waals surface area contributed by atoms with Crippen molar-refractivity contribution in [1.82, 2.24) is 15.2 Å². The number of piperidine rings is 1. The number of carbonyl (C=O) groups excluding carboxylic acids is 1. The Bertz CT molecular complexity index is 1170. The van der Waals surface area contributed by atoms with E-state index in [4.69, 9.17) is 4.74 Å². The molecule has 0 saturated carbocycles. The normalized spacial score (nSPS) is 17.9. The van der Waals surface area contributed by atoms with Crippen molar-refractivity contribution >= 4 is 5.91 Å². The molecule has 1 aromatic heterocycles. The maximum absolute atomic E-state index is 13.5. The molecule has 1 saturated heterocycles. The number of amides is 1. The predicted octanol–water partition coefficient (Wildman–Crippen LogP) is 4.40. The lowest BCUT2D eigenvalue weighted by Gasteiger charge is -2.32. The third-order valence-corrected chi connectivity index (χ3v) is 6.41. The van der Waals surface area contributed by atoms with Crippen LogP contribution in [0.2, 0.25) is 0 Å². The molecule has 2 aliphatic heterocycles. The Morgan fingerprint density at radius 3 is 2.56 bits per heavy atom. The van der Waals surface area contributed by atoms with Crippen LogP contribution in [0.15, 0.2) is 72.9 Å². The molecule has 188 valence electrons. The average Bonchev–Trinajstić information content (AvgIpc) is 3.21. The summed E-state index contributed by atoms with van der Waals surface area (Å²) in [5, 5.41) is 3.08. The number of benzene rings is 2. The zero-order valence-electron chi connectivity index (χ0n) is 19.6. The monoisotopic (exact) mass is 495 g/mol. The van der Waals surface area contributed by atoms with Crippen molar-refractivity contribution in [2.75, 3.05) is 26.2 Å². The van der Waals surface area contributed by atoms with E-state index in [2.05, 4.69) is 24.7 Å². The third kappa shape index (κ3) is 5.73. The third-order valence-electron chi connectivity index (χ3n) is 6.41. The lowest BCUT2D eigenvalue weighted by Crippen LogP contribution is -2.42. The van der Waals surface area contributed by atoms with E-state index in [1.165, 1.54) is 12.1 Å². The molecule has 1 atom stereocenters. The highest BCUT2D eigenvalue weighted by atomic mass is 19.3. The van der Waals surface area contributed by atoms with Gasteiger partial charge in [0, 0.05) is 18.7 Å². The Morgan fingerprint density at radius 1 is 1.06 bits per heavy atom. The molecule has 5 rings (SSSR count). The number of halogens is 2. The summed E-state index contributed by atoms with van der Waals surface area (Å²) in [6.45, 7) is 2.97. The molecular formula is C27H27F2N3O4. The van der Waals surface area contributed by atoms with Gasteiger partial charge in [-0.25, -0.2) is 0 Å². The zero-order valence-corrected chi connectivity index (χ0v) is 19.6. The Labute approximate surface area is 208 Å². The van der Waals surface area contributed by atoms with Crippen molar-refractivity contribution in [3.05, 3.63) is 84.2 Å². The number of hydrogen-bond donors (Lipinski definition) is 1. The molecule has 0 bridgehead atoms. The smallest absolute Gasteiger partial charge is 0.492 e. The van der Waals surface area contributed by atoms with E-state index in [0.29, 0.717) is 17.9 Å². The van der Waals surface area contributed by atoms with Crippen LogP contribution in [-0.4, -0.2) is 48.3 Å². The summed E-state index contributed by atoms with van der Waals surface area (Å²) >= 11 is 0. The van der Waals surface area contributed by atoms with Gasteiger partial charge in [-0.05, 0) is 67.9 Å². The maximum atomic E-state index is 13.5. The standard InChI is InChI=1S/C27H27F2N3O4/c28-27(29)35-23-10-9-20(18-24(23)36-27)25(22-8-4-5-13-30-22)31-26(33)19-11-14-32(15-12-19)16-17-34-21-6-2-1-3-7-21/h1-10,13,18-19,25H,11-12,14-17H2,(H,31,33). The van der Waals surface area contributed by atoms with Crippen molar-refractivity contribution in [3.8, 4) is 17.2 Å². The van der Waals surface area contributed by atoms with E-state index in [-0.39, 0.29) is 23.3 Å². The first-order valence-corrected chi connectivity index (χ1v) is 12.0. The molecule has 7 nitrogen and oxygen atoms in total. The van der Waals surface area contributed by atoms with Gasteiger partial charge in [0.2, 0.25) is 5.91 Å². The number of aromatic nitrogens is 1. The molecule has 1 N–H and O–H groups in total. The fourth-order valence-electron chi connectivity index (χ4n) is 4.51. The highest BCUT2D eigenvalue weighted by Gasteiger charge is 2.43. The highest BCUT2D eigenvalue weighted by molar-refractivity contribution is 5.79. The molecule has 1 amide bonds. The fourth-order valence-corrected chi connectivity index (χ4v) is 4.51. The Morgan fingerprint density at radius 2 is 1.81 bits per heavy atom. The van der Waals surface area contributed by atoms with Crippen LogP contribution in [0.5, 0.6) is 17.2 Å². The van der Waals surface area contributed by atoms with Crippen LogP contribution >= 0.6 is 0 Å². The molecule has 0 spiro atoms. The minimum absolute atomic E-state index is 0.0431. The van der Waals surface area contributed by atoms with E-state index in [1.807, 2.05) is 36.4 Å². The molecule has 2 aliphatic rings. The molecule has 3 aromatic rings. The molecule has 2 aromatic carbocycles. The SMILES string of the molecule is O=C(NC(c1ccc2c(c1)OC(F)(F)O2)c1ccccn1)C1CCN(CCOc2ccccc2)CC1. The number of alkyl halides is 2. The van der Waals surface area contributed by atoms with Crippen LogP contribution in [0.4, 0.5) is 8.78 Å². The van der Waals surface area contributed by atoms with Gasteiger partial charge in [-0.2, -0.15) is 0 Å². The van der Waals surface area contributed by atoms with E-state index >= 15 is 0 Å². The number of carbonyl (C=O) groups is 1. The predicted molar refractivity (Wildman–Crippen MR) is 128 cm³/mol. The van der Waals surface area contributed by atoms with Gasteiger partial charge in [0.05, 0.1) is 11.7 Å². The number of nitrogens with zero attached hydrogens (tertiary/aromatic N) is 2. The van der Waals surface area contributed by atoms with Gasteiger partial charge >= 0.3 is 6.29 Å². The van der Waals surface area contributed by atoms with E-state index in [1.54, 1.807) is 24.4 Å². The Balaban J connectivity index is 1.20. The van der Waals surface area contributed by atoms with Crippen LogP contribution in [0, 0.1) is 5.92 Å². The van der Waals surface area contributed by atoms with Gasteiger partial charge in [-0.1, -0.05) is 30.3 Å². The van der Waals surface area contributed by atoms with E-state index < -0.39 is 12.3 Å². The number of nitrogens with one attached hydrogen (secondary N) is 1. The molecule has 1 fully saturated rings. The van der Waals surface area contributed by atoms with Crippen molar-refractivity contribution in [3.63, 3.8) is 0 Å². The molecule has 0 radical (unpaired) electrons. The number of rotatable bonds is 8. The van der Waals surface area contributed by atoms with Crippen LogP contribution in [0.3, 0.4) is 0 Å². The summed E-state index contributed by atoms with van der Waals surface area (Å²) in [7, 11) is 0. The minimum atomic E-state index is -3.70. The summed E-state index contributed by atoms with van der Waals surface area (Å²) < 4.78 is 41.9. The topological polar surface area (TPSA) is 72.9 Å². The van der Waals surface area contributed by atoms with Crippen LogP contribution < -0.4 is 19.5 Å². The number of para-hydroxylation sites is 1. The number of likely N-dealkylation sites (tertiary alicyclic amines) is 1. The number of pyridine rings is 1. The summed E-state index contributed by atoms with van der Waals surface area (Å²) in [5.74, 6) is 0.492. The first-order valence-electron chi connectivity index (χ1n) is 12.0. The van der Waals surface area contributed by atoms with Crippen molar-refractivity contribution in [2.45, 2.75) is 25.2 Å².